The molecule has 0 bridgehead atoms. The van der Waals surface area contributed by atoms with Crippen LogP contribution in [0.5, 0.6) is 0 Å². The van der Waals surface area contributed by atoms with E-state index in [-0.39, 0.29) is 6.42 Å². The minimum absolute atomic E-state index is 0.276. The zero-order valence-electron chi connectivity index (χ0n) is 9.04. The first-order chi connectivity index (χ1) is 7.38. The topological polar surface area (TPSA) is 82.1 Å². The van der Waals surface area contributed by atoms with Gasteiger partial charge in [0, 0.05) is 14.2 Å². The third-order valence-electron chi connectivity index (χ3n) is 1.56. The Morgan fingerprint density at radius 2 is 1.88 bits per heavy atom. The van der Waals surface area contributed by atoms with Crippen molar-refractivity contribution in [1.29, 1.82) is 0 Å². The first-order valence-electron chi connectivity index (χ1n) is 4.08. The zero-order valence-corrected chi connectivity index (χ0v) is 11.6. The second-order valence-electron chi connectivity index (χ2n) is 2.52. The molecule has 0 aromatic heterocycles. The van der Waals surface area contributed by atoms with Crippen molar-refractivity contribution >= 4 is 40.8 Å². The minimum Gasteiger partial charge on any atom is -0.480 e. The lowest BCUT2D eigenvalue weighted by atomic mass is 10.3. The average molecular weight is 288 g/mol. The fraction of sp³-hybridized carbons (Fsp3) is 0.714. The molecule has 0 saturated heterocycles. The highest BCUT2D eigenvalue weighted by molar-refractivity contribution is 8.68. The van der Waals surface area contributed by atoms with Gasteiger partial charge in [-0.05, 0) is 11.8 Å². The summed E-state index contributed by atoms with van der Waals surface area (Å²) in [4.78, 5) is 21.9. The number of aliphatic carboxylic acids is 1. The maximum absolute atomic E-state index is 11.0. The summed E-state index contributed by atoms with van der Waals surface area (Å²) in [7, 11) is 3.87. The molecule has 0 amide bonds. The molecule has 0 aromatic carbocycles. The van der Waals surface area contributed by atoms with Gasteiger partial charge >= 0.3 is 11.9 Å². The summed E-state index contributed by atoms with van der Waals surface area (Å²) < 4.78 is 14.3. The molecule has 94 valence electrons. The van der Waals surface area contributed by atoms with E-state index in [1.54, 1.807) is 0 Å². The van der Waals surface area contributed by atoms with Crippen LogP contribution in [0.25, 0.3) is 0 Å². The number of ether oxygens (including phenoxy) is 1. The lowest BCUT2D eigenvalue weighted by Crippen LogP contribution is -2.21. The van der Waals surface area contributed by atoms with Gasteiger partial charge in [0.1, 0.15) is 5.25 Å². The molecule has 1 N–H and O–H groups in total. The molecule has 0 aliphatic rings. The van der Waals surface area contributed by atoms with E-state index in [4.69, 9.17) is 26.0 Å². The molecule has 0 aromatic rings. The van der Waals surface area contributed by atoms with Crippen LogP contribution in [0.2, 0.25) is 0 Å². The van der Waals surface area contributed by atoms with Crippen molar-refractivity contribution in [3.8, 4) is 0 Å². The summed E-state index contributed by atoms with van der Waals surface area (Å²) in [5, 5.41) is 7.87. The summed E-state index contributed by atoms with van der Waals surface area (Å²) in [5.74, 6) is -1.77. The summed E-state index contributed by atoms with van der Waals surface area (Å²) in [5.41, 5.74) is -2.70. The Morgan fingerprint density at radius 1 is 1.38 bits per heavy atom. The van der Waals surface area contributed by atoms with Crippen molar-refractivity contribution in [2.45, 2.75) is 11.7 Å². The fourth-order valence-electron chi connectivity index (χ4n) is 0.721. The standard InChI is InChI=1S/C7H13O6PS2/c1-11-6(8)4-5(7(9)10)16-14(15,12-2)13-3/h5H,4H2,1-3H3,(H,9,10)/t5-/m0/s1. The van der Waals surface area contributed by atoms with E-state index in [0.29, 0.717) is 0 Å². The van der Waals surface area contributed by atoms with Crippen molar-refractivity contribution in [3.63, 3.8) is 0 Å². The van der Waals surface area contributed by atoms with Crippen LogP contribution in [-0.2, 0) is 35.2 Å². The van der Waals surface area contributed by atoms with Gasteiger partial charge < -0.3 is 18.9 Å². The van der Waals surface area contributed by atoms with Crippen molar-refractivity contribution < 1.29 is 28.5 Å². The van der Waals surface area contributed by atoms with Gasteiger partial charge in [-0.25, -0.2) is 0 Å². The monoisotopic (exact) mass is 288 g/mol. The second-order valence-corrected chi connectivity index (χ2v) is 9.14. The molecule has 16 heavy (non-hydrogen) atoms. The molecule has 0 radical (unpaired) electrons. The number of carbonyl (C=O) groups is 2. The van der Waals surface area contributed by atoms with E-state index in [9.17, 15) is 9.59 Å². The first kappa shape index (κ1) is 15.9. The molecule has 9 heteroatoms. The van der Waals surface area contributed by atoms with Crippen LogP contribution in [0.4, 0.5) is 0 Å². The third-order valence-corrected chi connectivity index (χ3v) is 7.44. The van der Waals surface area contributed by atoms with Gasteiger partial charge in [-0.1, -0.05) is 11.4 Å². The van der Waals surface area contributed by atoms with E-state index in [0.717, 1.165) is 11.4 Å². The molecule has 0 saturated carbocycles. The van der Waals surface area contributed by atoms with Crippen LogP contribution in [0.15, 0.2) is 0 Å². The molecule has 0 spiro atoms. The zero-order chi connectivity index (χ0) is 12.8. The van der Waals surface area contributed by atoms with Crippen LogP contribution in [0.1, 0.15) is 6.42 Å². The van der Waals surface area contributed by atoms with Crippen molar-refractivity contribution in [1.82, 2.24) is 0 Å². The molecule has 0 fully saturated rings. The summed E-state index contributed by atoms with van der Waals surface area (Å²) >= 11 is 5.83. The quantitative estimate of drug-likeness (QED) is 0.553. The van der Waals surface area contributed by atoms with E-state index < -0.39 is 22.9 Å². The average Bonchev–Trinajstić information content (AvgIpc) is 2.27. The molecule has 0 rings (SSSR count). The summed E-state index contributed by atoms with van der Waals surface area (Å²) in [6, 6.07) is 0. The van der Waals surface area contributed by atoms with Crippen molar-refractivity contribution in [3.05, 3.63) is 0 Å². The molecule has 1 atom stereocenters. The predicted octanol–water partition coefficient (Wildman–Crippen LogP) is 1.25. The number of methoxy groups -OCH3 is 1. The second kappa shape index (κ2) is 7.24. The molecule has 0 aliphatic heterocycles. The highest BCUT2D eigenvalue weighted by Gasteiger charge is 2.30. The Balaban J connectivity index is 4.63. The van der Waals surface area contributed by atoms with Gasteiger partial charge in [0.15, 0.2) is 0 Å². The molecule has 0 aliphatic carbocycles. The molecule has 0 unspecified atom stereocenters. The Bertz CT molecular complexity index is 299. The number of rotatable bonds is 7. The molecular formula is C7H13O6PS2. The normalized spacial score (nSPS) is 13.2. The highest BCUT2D eigenvalue weighted by Crippen LogP contribution is 2.61. The largest absolute Gasteiger partial charge is 0.480 e. The van der Waals surface area contributed by atoms with Crippen LogP contribution < -0.4 is 0 Å². The third kappa shape index (κ3) is 5.27. The van der Waals surface area contributed by atoms with Crippen LogP contribution in [0, 0.1) is 0 Å². The Kier molecular flexibility index (Phi) is 7.17. The smallest absolute Gasteiger partial charge is 0.317 e. The van der Waals surface area contributed by atoms with Gasteiger partial charge in [0.2, 0.25) is 5.69 Å². The van der Waals surface area contributed by atoms with Gasteiger partial charge in [0.05, 0.1) is 13.5 Å². The van der Waals surface area contributed by atoms with Crippen LogP contribution in [-0.4, -0.2) is 43.6 Å². The Morgan fingerprint density at radius 3 is 2.19 bits per heavy atom. The van der Waals surface area contributed by atoms with Crippen LogP contribution in [0.3, 0.4) is 0 Å². The maximum atomic E-state index is 11.0. The van der Waals surface area contributed by atoms with Crippen molar-refractivity contribution in [2.75, 3.05) is 21.3 Å². The van der Waals surface area contributed by atoms with E-state index in [1.165, 1.54) is 21.3 Å². The minimum atomic E-state index is -2.70. The molecular weight excluding hydrogens is 275 g/mol. The Hall–Kier alpha value is -0.140. The number of carboxylic acid groups (broad SMARTS) is 1. The maximum Gasteiger partial charge on any atom is 0.317 e. The molecule has 6 nitrogen and oxygen atoms in total. The number of hydrogen-bond acceptors (Lipinski definition) is 7. The lowest BCUT2D eigenvalue weighted by Gasteiger charge is -2.20. The fourth-order valence-corrected chi connectivity index (χ4v) is 4.54. The van der Waals surface area contributed by atoms with Gasteiger partial charge in [-0.15, -0.1) is 0 Å². The van der Waals surface area contributed by atoms with E-state index in [1.807, 2.05) is 0 Å². The SMILES string of the molecule is COC(=O)C[C@H](SP(=S)(OC)OC)C(=O)O. The number of carboxylic acids is 1. The van der Waals surface area contributed by atoms with E-state index >= 15 is 0 Å². The van der Waals surface area contributed by atoms with Gasteiger partial charge in [-0.2, -0.15) is 0 Å². The summed E-state index contributed by atoms with van der Waals surface area (Å²) in [6.45, 7) is 0. The van der Waals surface area contributed by atoms with Crippen molar-refractivity contribution in [2.24, 2.45) is 0 Å². The molecule has 0 heterocycles. The first-order valence-corrected chi connectivity index (χ1v) is 8.20. The van der Waals surface area contributed by atoms with Gasteiger partial charge in [-0.3, -0.25) is 9.59 Å². The van der Waals surface area contributed by atoms with Crippen LogP contribution >= 0.6 is 17.1 Å². The van der Waals surface area contributed by atoms with E-state index in [2.05, 4.69) is 4.74 Å². The summed E-state index contributed by atoms with van der Waals surface area (Å²) in [6.07, 6.45) is -0.276. The predicted molar refractivity (Wildman–Crippen MR) is 64.0 cm³/mol. The number of carbonyl (C=O) groups excluding carboxylic acids is 1. The number of esters is 1. The van der Waals surface area contributed by atoms with Gasteiger partial charge in [0.25, 0.3) is 0 Å². The lowest BCUT2D eigenvalue weighted by molar-refractivity contribution is -0.145. The number of hydrogen-bond donors (Lipinski definition) is 1. The Labute approximate surface area is 103 Å². The highest BCUT2D eigenvalue weighted by atomic mass is 32.9.